The van der Waals surface area contributed by atoms with Crippen LogP contribution >= 0.6 is 0 Å². The van der Waals surface area contributed by atoms with E-state index < -0.39 is 10.0 Å². The summed E-state index contributed by atoms with van der Waals surface area (Å²) in [4.78, 5) is 0.209. The number of nitrogens with zero attached hydrogens (tertiary/aromatic N) is 2. The highest BCUT2D eigenvalue weighted by molar-refractivity contribution is 7.90. The van der Waals surface area contributed by atoms with Crippen LogP contribution in [0.15, 0.2) is 59.6 Å². The average Bonchev–Trinajstić information content (AvgIpc) is 2.94. The molecular formula is C19H18N2O2S. The van der Waals surface area contributed by atoms with Crippen LogP contribution in [0.25, 0.3) is 10.9 Å². The summed E-state index contributed by atoms with van der Waals surface area (Å²) >= 11 is 0. The molecule has 1 heterocycles. The van der Waals surface area contributed by atoms with Gasteiger partial charge in [-0.3, -0.25) is 0 Å². The van der Waals surface area contributed by atoms with Gasteiger partial charge in [-0.25, -0.2) is 12.4 Å². The van der Waals surface area contributed by atoms with Crippen molar-refractivity contribution in [2.24, 2.45) is 0 Å². The van der Waals surface area contributed by atoms with E-state index in [4.69, 9.17) is 0 Å². The monoisotopic (exact) mass is 338 g/mol. The molecule has 0 unspecified atom stereocenters. The zero-order valence-corrected chi connectivity index (χ0v) is 14.6. The summed E-state index contributed by atoms with van der Waals surface area (Å²) in [7, 11) is -3.75. The maximum Gasteiger partial charge on any atom is 0.268 e. The smallest absolute Gasteiger partial charge is 0.240 e. The summed E-state index contributed by atoms with van der Waals surface area (Å²) in [6.45, 7) is 6.24. The Balaban J connectivity index is 2.17. The molecule has 2 aromatic carbocycles. The molecule has 0 N–H and O–H groups in total. The van der Waals surface area contributed by atoms with Crippen molar-refractivity contribution in [2.45, 2.75) is 31.1 Å². The first-order valence-corrected chi connectivity index (χ1v) is 9.05. The van der Waals surface area contributed by atoms with Crippen LogP contribution in [0.3, 0.4) is 0 Å². The Morgan fingerprint density at radius 1 is 1.00 bits per heavy atom. The second-order valence-corrected chi connectivity index (χ2v) is 8.56. The van der Waals surface area contributed by atoms with Crippen LogP contribution in [0, 0.1) is 11.3 Å². The van der Waals surface area contributed by atoms with E-state index in [0.29, 0.717) is 16.5 Å². The molecule has 3 aromatic rings. The van der Waals surface area contributed by atoms with E-state index in [1.54, 1.807) is 36.4 Å². The van der Waals surface area contributed by atoms with Crippen LogP contribution in [0.2, 0.25) is 0 Å². The van der Waals surface area contributed by atoms with Crippen molar-refractivity contribution in [3.63, 3.8) is 0 Å². The number of rotatable bonds is 2. The lowest BCUT2D eigenvalue weighted by Gasteiger charge is -2.19. The van der Waals surface area contributed by atoms with Gasteiger partial charge < -0.3 is 0 Å². The lowest BCUT2D eigenvalue weighted by Crippen LogP contribution is -2.14. The van der Waals surface area contributed by atoms with E-state index in [-0.39, 0.29) is 10.3 Å². The molecule has 0 saturated heterocycles. The first-order valence-electron chi connectivity index (χ1n) is 7.61. The molecule has 5 heteroatoms. The molecule has 0 spiro atoms. The van der Waals surface area contributed by atoms with Crippen molar-refractivity contribution in [1.82, 2.24) is 3.97 Å². The Hall–Kier alpha value is -2.58. The summed E-state index contributed by atoms with van der Waals surface area (Å²) in [5, 5.41) is 9.89. The van der Waals surface area contributed by atoms with Crippen molar-refractivity contribution in [3.05, 3.63) is 65.9 Å². The zero-order valence-electron chi connectivity index (χ0n) is 13.8. The van der Waals surface area contributed by atoms with Crippen LogP contribution in [0.4, 0.5) is 0 Å². The molecule has 4 nitrogen and oxygen atoms in total. The molecule has 0 aliphatic heterocycles. The Morgan fingerprint density at radius 2 is 1.62 bits per heavy atom. The normalized spacial score (nSPS) is 12.2. The van der Waals surface area contributed by atoms with Crippen LogP contribution in [0.1, 0.15) is 31.9 Å². The quantitative estimate of drug-likeness (QED) is 0.708. The predicted molar refractivity (Wildman–Crippen MR) is 94.4 cm³/mol. The fourth-order valence-electron chi connectivity index (χ4n) is 2.68. The summed E-state index contributed by atoms with van der Waals surface area (Å²) in [6, 6.07) is 16.0. The fraction of sp³-hybridized carbons (Fsp3) is 0.211. The Labute approximate surface area is 142 Å². The van der Waals surface area contributed by atoms with Gasteiger partial charge in [0.1, 0.15) is 6.07 Å². The molecule has 1 aromatic heterocycles. The highest BCUT2D eigenvalue weighted by Crippen LogP contribution is 2.27. The van der Waals surface area contributed by atoms with Gasteiger partial charge in [0.25, 0.3) is 10.0 Å². The largest absolute Gasteiger partial charge is 0.268 e. The van der Waals surface area contributed by atoms with E-state index in [0.717, 1.165) is 5.56 Å². The van der Waals surface area contributed by atoms with Crippen molar-refractivity contribution in [1.29, 1.82) is 5.26 Å². The molecule has 0 saturated carbocycles. The molecule has 0 fully saturated rings. The minimum atomic E-state index is -3.75. The number of hydrogen-bond donors (Lipinski definition) is 0. The lowest BCUT2D eigenvalue weighted by atomic mass is 9.87. The van der Waals surface area contributed by atoms with Crippen molar-refractivity contribution >= 4 is 20.9 Å². The molecule has 0 aliphatic carbocycles. The number of para-hydroxylation sites is 1. The molecular weight excluding hydrogens is 320 g/mol. The Kier molecular flexibility index (Phi) is 3.73. The van der Waals surface area contributed by atoms with E-state index in [2.05, 4.69) is 26.8 Å². The first-order chi connectivity index (χ1) is 11.2. The number of hydrogen-bond acceptors (Lipinski definition) is 3. The van der Waals surface area contributed by atoms with Gasteiger partial charge in [-0.2, -0.15) is 5.26 Å². The number of nitriles is 1. The van der Waals surface area contributed by atoms with Crippen LogP contribution < -0.4 is 0 Å². The van der Waals surface area contributed by atoms with Crippen LogP contribution in [-0.4, -0.2) is 12.4 Å². The summed E-state index contributed by atoms with van der Waals surface area (Å²) in [5.74, 6) is 0. The Morgan fingerprint density at radius 3 is 2.21 bits per heavy atom. The molecule has 0 bridgehead atoms. The molecule has 0 atom stereocenters. The molecule has 24 heavy (non-hydrogen) atoms. The third kappa shape index (κ3) is 2.59. The fourth-order valence-corrected chi connectivity index (χ4v) is 4.05. The van der Waals surface area contributed by atoms with Crippen molar-refractivity contribution in [3.8, 4) is 6.07 Å². The van der Waals surface area contributed by atoms with Gasteiger partial charge in [0.15, 0.2) is 0 Å². The third-order valence-electron chi connectivity index (χ3n) is 4.08. The molecule has 122 valence electrons. The van der Waals surface area contributed by atoms with Gasteiger partial charge in [0.2, 0.25) is 0 Å². The number of aromatic nitrogens is 1. The second kappa shape index (κ2) is 5.50. The lowest BCUT2D eigenvalue weighted by molar-refractivity contribution is 0.583. The van der Waals surface area contributed by atoms with Crippen LogP contribution in [0.5, 0.6) is 0 Å². The van der Waals surface area contributed by atoms with E-state index in [9.17, 15) is 13.7 Å². The minimum absolute atomic E-state index is 0.0452. The van der Waals surface area contributed by atoms with Gasteiger partial charge in [-0.15, -0.1) is 0 Å². The first kappa shape index (κ1) is 16.3. The van der Waals surface area contributed by atoms with E-state index in [1.165, 1.54) is 10.2 Å². The minimum Gasteiger partial charge on any atom is -0.240 e. The summed E-state index contributed by atoms with van der Waals surface area (Å²) in [6.07, 6.45) is 1.39. The topological polar surface area (TPSA) is 62.9 Å². The maximum absolute atomic E-state index is 13.0. The van der Waals surface area contributed by atoms with E-state index >= 15 is 0 Å². The predicted octanol–water partition coefficient (Wildman–Crippen LogP) is 4.05. The SMILES string of the molecule is CC(C)(C)c1ccc(S(=O)(=O)n2cc(C#N)c3ccccc32)cc1. The van der Waals surface area contributed by atoms with Gasteiger partial charge in [-0.05, 0) is 29.2 Å². The Bertz CT molecular complexity index is 1050. The third-order valence-corrected chi connectivity index (χ3v) is 5.76. The molecule has 0 radical (unpaired) electrons. The van der Waals surface area contributed by atoms with Crippen molar-refractivity contribution < 1.29 is 8.42 Å². The summed E-state index contributed by atoms with van der Waals surface area (Å²) in [5.41, 5.74) is 1.88. The second-order valence-electron chi connectivity index (χ2n) is 6.75. The van der Waals surface area contributed by atoms with Gasteiger partial charge in [0.05, 0.1) is 16.0 Å². The maximum atomic E-state index is 13.0. The average molecular weight is 338 g/mol. The number of benzene rings is 2. The standard InChI is InChI=1S/C19H18N2O2S/c1-19(2,3)15-8-10-16(11-9-15)24(22,23)21-13-14(12-20)17-6-4-5-7-18(17)21/h4-11,13H,1-3H3. The van der Waals surface area contributed by atoms with Crippen molar-refractivity contribution in [2.75, 3.05) is 0 Å². The number of fused-ring (bicyclic) bond motifs is 1. The van der Waals surface area contributed by atoms with E-state index in [1.807, 2.05) is 12.1 Å². The van der Waals surface area contributed by atoms with Crippen LogP contribution in [-0.2, 0) is 15.4 Å². The zero-order chi connectivity index (χ0) is 17.5. The molecule has 0 amide bonds. The highest BCUT2D eigenvalue weighted by atomic mass is 32.2. The highest BCUT2D eigenvalue weighted by Gasteiger charge is 2.22. The van der Waals surface area contributed by atoms with Gasteiger partial charge >= 0.3 is 0 Å². The molecule has 0 aliphatic rings. The summed E-state index contributed by atoms with van der Waals surface area (Å²) < 4.78 is 27.2. The van der Waals surface area contributed by atoms with Gasteiger partial charge in [0, 0.05) is 11.6 Å². The van der Waals surface area contributed by atoms with Gasteiger partial charge in [-0.1, -0.05) is 51.1 Å². The molecule has 3 rings (SSSR count).